The summed E-state index contributed by atoms with van der Waals surface area (Å²) in [6, 6.07) is 0. The highest BCUT2D eigenvalue weighted by atomic mass is 15.2. The summed E-state index contributed by atoms with van der Waals surface area (Å²) in [6.45, 7) is 6.64. The summed E-state index contributed by atoms with van der Waals surface area (Å²) >= 11 is 0. The van der Waals surface area contributed by atoms with Crippen molar-refractivity contribution in [2.24, 2.45) is 5.73 Å². The van der Waals surface area contributed by atoms with Crippen molar-refractivity contribution in [1.82, 2.24) is 9.80 Å². The minimum atomic E-state index is 0.319. The van der Waals surface area contributed by atoms with Crippen LogP contribution in [0.5, 0.6) is 0 Å². The molecule has 1 rings (SSSR count). The quantitative estimate of drug-likeness (QED) is 0.739. The highest BCUT2D eigenvalue weighted by molar-refractivity contribution is 4.93. The van der Waals surface area contributed by atoms with Gasteiger partial charge in [0.15, 0.2) is 0 Å². The molecule has 0 atom stereocenters. The molecule has 1 aliphatic rings. The maximum Gasteiger partial charge on any atom is 0.0331 e. The Morgan fingerprint density at radius 1 is 1.06 bits per heavy atom. The van der Waals surface area contributed by atoms with E-state index in [-0.39, 0.29) is 0 Å². The van der Waals surface area contributed by atoms with Crippen LogP contribution in [0.2, 0.25) is 0 Å². The second-order valence-corrected chi connectivity index (χ2v) is 5.73. The summed E-state index contributed by atoms with van der Waals surface area (Å²) in [4.78, 5) is 4.92. The van der Waals surface area contributed by atoms with Gasteiger partial charge in [-0.2, -0.15) is 0 Å². The fraction of sp³-hybridized carbons (Fsp3) is 1.00. The molecule has 0 heterocycles. The average molecular weight is 241 g/mol. The predicted octanol–water partition coefficient (Wildman–Crippen LogP) is 1.92. The Kier molecular flexibility index (Phi) is 6.45. The Morgan fingerprint density at radius 3 is 2.18 bits per heavy atom. The van der Waals surface area contributed by atoms with Gasteiger partial charge in [-0.25, -0.2) is 0 Å². The molecule has 0 amide bonds. The number of nitrogens with zero attached hydrogens (tertiary/aromatic N) is 2. The van der Waals surface area contributed by atoms with Crippen molar-refractivity contribution in [1.29, 1.82) is 0 Å². The molecule has 1 fully saturated rings. The third-order valence-electron chi connectivity index (χ3n) is 4.25. The standard InChI is InChI=1S/C14H31N3/c1-4-17(12-8-11-16(2)3)14(13-15)9-6-5-7-10-14/h4-13,15H2,1-3H3. The minimum absolute atomic E-state index is 0.319. The third kappa shape index (κ3) is 4.23. The average Bonchev–Trinajstić information content (AvgIpc) is 2.35. The van der Waals surface area contributed by atoms with Gasteiger partial charge in [0, 0.05) is 12.1 Å². The maximum absolute atomic E-state index is 6.09. The molecular formula is C14H31N3. The maximum atomic E-state index is 6.09. The molecule has 0 aliphatic heterocycles. The summed E-state index contributed by atoms with van der Waals surface area (Å²) in [6.07, 6.45) is 7.99. The van der Waals surface area contributed by atoms with E-state index in [0.717, 1.165) is 13.1 Å². The van der Waals surface area contributed by atoms with Crippen LogP contribution in [0.3, 0.4) is 0 Å². The minimum Gasteiger partial charge on any atom is -0.329 e. The van der Waals surface area contributed by atoms with Gasteiger partial charge in [-0.3, -0.25) is 4.90 Å². The molecule has 0 bridgehead atoms. The molecule has 1 saturated carbocycles. The zero-order valence-electron chi connectivity index (χ0n) is 12.0. The van der Waals surface area contributed by atoms with Crippen molar-refractivity contribution >= 4 is 0 Å². The molecule has 3 heteroatoms. The molecule has 3 nitrogen and oxygen atoms in total. The predicted molar refractivity (Wildman–Crippen MR) is 75.3 cm³/mol. The van der Waals surface area contributed by atoms with E-state index >= 15 is 0 Å². The van der Waals surface area contributed by atoms with E-state index in [1.807, 2.05) is 0 Å². The smallest absolute Gasteiger partial charge is 0.0331 e. The van der Waals surface area contributed by atoms with Crippen LogP contribution >= 0.6 is 0 Å². The van der Waals surface area contributed by atoms with Gasteiger partial charge in [-0.1, -0.05) is 26.2 Å². The summed E-state index contributed by atoms with van der Waals surface area (Å²) in [7, 11) is 4.30. The summed E-state index contributed by atoms with van der Waals surface area (Å²) in [5, 5.41) is 0. The lowest BCUT2D eigenvalue weighted by molar-refractivity contribution is 0.0590. The molecule has 0 unspecified atom stereocenters. The largest absolute Gasteiger partial charge is 0.329 e. The highest BCUT2D eigenvalue weighted by Gasteiger charge is 2.35. The van der Waals surface area contributed by atoms with Crippen LogP contribution in [0, 0.1) is 0 Å². The number of rotatable bonds is 7. The Bertz CT molecular complexity index is 198. The topological polar surface area (TPSA) is 32.5 Å². The Labute approximate surface area is 107 Å². The molecule has 1 aliphatic carbocycles. The fourth-order valence-electron chi connectivity index (χ4n) is 3.17. The summed E-state index contributed by atoms with van der Waals surface area (Å²) in [5.41, 5.74) is 6.41. The van der Waals surface area contributed by atoms with Gasteiger partial charge in [0.25, 0.3) is 0 Å². The first-order valence-corrected chi connectivity index (χ1v) is 7.24. The van der Waals surface area contributed by atoms with Crippen LogP contribution in [0.25, 0.3) is 0 Å². The molecule has 0 saturated heterocycles. The van der Waals surface area contributed by atoms with Gasteiger partial charge in [0.2, 0.25) is 0 Å². The molecule has 0 aromatic heterocycles. The Balaban J connectivity index is 2.50. The molecule has 0 aromatic carbocycles. The van der Waals surface area contributed by atoms with Crippen LogP contribution in [0.4, 0.5) is 0 Å². The van der Waals surface area contributed by atoms with Crippen molar-refractivity contribution in [3.63, 3.8) is 0 Å². The monoisotopic (exact) mass is 241 g/mol. The second-order valence-electron chi connectivity index (χ2n) is 5.73. The van der Waals surface area contributed by atoms with Crippen molar-refractivity contribution in [3.05, 3.63) is 0 Å². The zero-order chi connectivity index (χ0) is 12.7. The van der Waals surface area contributed by atoms with E-state index in [9.17, 15) is 0 Å². The molecule has 2 N–H and O–H groups in total. The van der Waals surface area contributed by atoms with Crippen molar-refractivity contribution in [2.75, 3.05) is 40.3 Å². The molecule has 0 aromatic rings. The molecular weight excluding hydrogens is 210 g/mol. The number of hydrogen-bond donors (Lipinski definition) is 1. The van der Waals surface area contributed by atoms with Gasteiger partial charge < -0.3 is 10.6 Å². The van der Waals surface area contributed by atoms with E-state index < -0.39 is 0 Å². The van der Waals surface area contributed by atoms with E-state index in [1.165, 1.54) is 51.6 Å². The fourth-order valence-corrected chi connectivity index (χ4v) is 3.17. The lowest BCUT2D eigenvalue weighted by Gasteiger charge is -2.46. The first-order chi connectivity index (χ1) is 8.14. The van der Waals surface area contributed by atoms with Crippen LogP contribution in [-0.4, -0.2) is 55.6 Å². The highest BCUT2D eigenvalue weighted by Crippen LogP contribution is 2.32. The SMILES string of the molecule is CCN(CCCN(C)C)C1(CN)CCCCC1. The van der Waals surface area contributed by atoms with Crippen LogP contribution < -0.4 is 5.73 Å². The first-order valence-electron chi connectivity index (χ1n) is 7.24. The lowest BCUT2D eigenvalue weighted by Crippen LogP contribution is -2.55. The molecule has 0 spiro atoms. The number of likely N-dealkylation sites (N-methyl/N-ethyl adjacent to an activating group) is 1. The number of hydrogen-bond acceptors (Lipinski definition) is 3. The van der Waals surface area contributed by atoms with Gasteiger partial charge in [-0.15, -0.1) is 0 Å². The van der Waals surface area contributed by atoms with Crippen molar-refractivity contribution in [3.8, 4) is 0 Å². The molecule has 17 heavy (non-hydrogen) atoms. The zero-order valence-corrected chi connectivity index (χ0v) is 12.0. The third-order valence-corrected chi connectivity index (χ3v) is 4.25. The van der Waals surface area contributed by atoms with Gasteiger partial charge >= 0.3 is 0 Å². The van der Waals surface area contributed by atoms with Crippen molar-refractivity contribution in [2.45, 2.75) is 51.0 Å². The van der Waals surface area contributed by atoms with Crippen LogP contribution in [-0.2, 0) is 0 Å². The van der Waals surface area contributed by atoms with Gasteiger partial charge in [0.05, 0.1) is 0 Å². The van der Waals surface area contributed by atoms with Crippen LogP contribution in [0.1, 0.15) is 45.4 Å². The van der Waals surface area contributed by atoms with E-state index in [1.54, 1.807) is 0 Å². The van der Waals surface area contributed by atoms with E-state index in [0.29, 0.717) is 5.54 Å². The molecule has 0 radical (unpaired) electrons. The summed E-state index contributed by atoms with van der Waals surface area (Å²) < 4.78 is 0. The Morgan fingerprint density at radius 2 is 1.71 bits per heavy atom. The van der Waals surface area contributed by atoms with Gasteiger partial charge in [-0.05, 0) is 53.0 Å². The lowest BCUT2D eigenvalue weighted by atomic mass is 9.80. The van der Waals surface area contributed by atoms with E-state index in [4.69, 9.17) is 5.73 Å². The first kappa shape index (κ1) is 14.9. The Hall–Kier alpha value is -0.120. The summed E-state index contributed by atoms with van der Waals surface area (Å²) in [5.74, 6) is 0. The van der Waals surface area contributed by atoms with Gasteiger partial charge in [0.1, 0.15) is 0 Å². The number of nitrogens with two attached hydrogens (primary N) is 1. The van der Waals surface area contributed by atoms with Crippen molar-refractivity contribution < 1.29 is 0 Å². The normalized spacial score (nSPS) is 20.1. The van der Waals surface area contributed by atoms with E-state index in [2.05, 4.69) is 30.8 Å². The second kappa shape index (κ2) is 7.34. The van der Waals surface area contributed by atoms with Crippen LogP contribution in [0.15, 0.2) is 0 Å². The molecule has 102 valence electrons.